The quantitative estimate of drug-likeness (QED) is 0.438. The zero-order valence-corrected chi connectivity index (χ0v) is 20.5. The Labute approximate surface area is 207 Å². The van der Waals surface area contributed by atoms with E-state index in [9.17, 15) is 9.90 Å². The van der Waals surface area contributed by atoms with Crippen molar-refractivity contribution < 1.29 is 23.9 Å². The Morgan fingerprint density at radius 3 is 2.94 bits per heavy atom. The number of aryl methyl sites for hydroxylation is 1. The third-order valence-electron chi connectivity index (χ3n) is 8.97. The van der Waals surface area contributed by atoms with Gasteiger partial charge in [0.05, 0.1) is 6.61 Å². The summed E-state index contributed by atoms with van der Waals surface area (Å²) in [4.78, 5) is 16.9. The second-order valence-corrected chi connectivity index (χ2v) is 11.0. The van der Waals surface area contributed by atoms with Crippen LogP contribution in [0.5, 0.6) is 0 Å². The SMILES string of the molecule is CC12COCc3cccc(c31)C(C(=O)O)[N+]21CC(OCCCCCC2CCc3cccnc3N2)C1. The summed E-state index contributed by atoms with van der Waals surface area (Å²) in [7, 11) is 0. The van der Waals surface area contributed by atoms with Crippen molar-refractivity contribution in [2.45, 2.75) is 75.8 Å². The standard InChI is InChI=1S/C28H35N3O4/c1-28-18-34-17-20-7-5-10-23(24(20)28)25(27(32)33)31(28)15-22(16-31)35-14-4-2-3-9-21-12-11-19-8-6-13-29-26(19)30-21/h5-8,10,13,21-22,25H,2-4,9,11-12,14-18H2,1H3,(H-,29,30,32,33)/p+1. The highest BCUT2D eigenvalue weighted by Crippen LogP contribution is 2.58. The van der Waals surface area contributed by atoms with E-state index in [1.54, 1.807) is 0 Å². The highest BCUT2D eigenvalue weighted by atomic mass is 16.5. The topological polar surface area (TPSA) is 80.7 Å². The third kappa shape index (κ3) is 3.67. The third-order valence-corrected chi connectivity index (χ3v) is 8.97. The molecule has 1 aromatic carbocycles. The van der Waals surface area contributed by atoms with Crippen molar-refractivity contribution in [1.82, 2.24) is 4.98 Å². The number of aliphatic carboxylic acids is 1. The van der Waals surface area contributed by atoms with E-state index in [1.807, 2.05) is 24.4 Å². The predicted octanol–water partition coefficient (Wildman–Crippen LogP) is 4.17. The van der Waals surface area contributed by atoms with Gasteiger partial charge in [0.1, 0.15) is 31.1 Å². The number of ether oxygens (including phenoxy) is 2. The van der Waals surface area contributed by atoms with Gasteiger partial charge < -0.3 is 19.9 Å². The van der Waals surface area contributed by atoms with Gasteiger partial charge in [-0.25, -0.2) is 9.78 Å². The number of rotatable bonds is 8. The molecule has 186 valence electrons. The highest BCUT2D eigenvalue weighted by Gasteiger charge is 2.70. The molecule has 1 aromatic heterocycles. The minimum atomic E-state index is -0.735. The lowest BCUT2D eigenvalue weighted by Gasteiger charge is -2.58. The molecular formula is C28H36N3O4+. The lowest BCUT2D eigenvalue weighted by atomic mass is 9.83. The van der Waals surface area contributed by atoms with Crippen LogP contribution < -0.4 is 5.32 Å². The maximum absolute atomic E-state index is 12.4. The Morgan fingerprint density at radius 2 is 2.09 bits per heavy atom. The Hall–Kier alpha value is -2.48. The molecule has 1 saturated heterocycles. The number of benzene rings is 1. The largest absolute Gasteiger partial charge is 0.477 e. The Bertz CT molecular complexity index is 1120. The minimum Gasteiger partial charge on any atom is -0.477 e. The number of aromatic nitrogens is 1. The molecule has 2 aromatic rings. The number of pyridine rings is 1. The van der Waals surface area contributed by atoms with Crippen LogP contribution in [0.1, 0.15) is 67.3 Å². The van der Waals surface area contributed by atoms with E-state index in [1.165, 1.54) is 30.4 Å². The van der Waals surface area contributed by atoms with Crippen molar-refractivity contribution in [3.05, 3.63) is 58.8 Å². The Kier molecular flexibility index (Phi) is 5.82. The summed E-state index contributed by atoms with van der Waals surface area (Å²) in [6, 6.07) is 10.2. The molecule has 3 atom stereocenters. The van der Waals surface area contributed by atoms with Crippen molar-refractivity contribution in [3.63, 3.8) is 0 Å². The van der Waals surface area contributed by atoms with Gasteiger partial charge in [0.25, 0.3) is 0 Å². The number of carbonyl (C=O) groups is 1. The van der Waals surface area contributed by atoms with Crippen LogP contribution in [0.4, 0.5) is 5.82 Å². The first-order valence-electron chi connectivity index (χ1n) is 13.1. The van der Waals surface area contributed by atoms with Gasteiger partial charge in [-0.2, -0.15) is 0 Å². The first-order chi connectivity index (χ1) is 17.0. The number of hydrogen-bond acceptors (Lipinski definition) is 5. The second kappa shape index (κ2) is 8.87. The van der Waals surface area contributed by atoms with Gasteiger partial charge in [-0.1, -0.05) is 37.1 Å². The van der Waals surface area contributed by atoms with Gasteiger partial charge in [0.2, 0.25) is 6.04 Å². The maximum atomic E-state index is 12.4. The fourth-order valence-electron chi connectivity index (χ4n) is 7.20. The number of quaternary nitrogens is 1. The molecule has 0 saturated carbocycles. The van der Waals surface area contributed by atoms with Crippen molar-refractivity contribution in [3.8, 4) is 0 Å². The molecule has 7 nitrogen and oxygen atoms in total. The number of anilines is 1. The van der Waals surface area contributed by atoms with Crippen LogP contribution in [0.15, 0.2) is 36.5 Å². The van der Waals surface area contributed by atoms with Crippen LogP contribution in [0.3, 0.4) is 0 Å². The van der Waals surface area contributed by atoms with Crippen molar-refractivity contribution in [1.29, 1.82) is 0 Å². The van der Waals surface area contributed by atoms with Gasteiger partial charge in [0.15, 0.2) is 6.10 Å². The lowest BCUT2D eigenvalue weighted by molar-refractivity contribution is -1.03. The molecule has 3 unspecified atom stereocenters. The number of nitrogens with zero attached hydrogens (tertiary/aromatic N) is 2. The van der Waals surface area contributed by atoms with Crippen LogP contribution in [-0.4, -0.2) is 59.0 Å². The molecule has 0 amide bonds. The first-order valence-corrected chi connectivity index (χ1v) is 13.1. The van der Waals surface area contributed by atoms with E-state index in [4.69, 9.17) is 9.47 Å². The normalized spacial score (nSPS) is 32.4. The number of unbranched alkanes of at least 4 members (excludes halogenated alkanes) is 2. The summed E-state index contributed by atoms with van der Waals surface area (Å²) < 4.78 is 12.7. The summed E-state index contributed by atoms with van der Waals surface area (Å²) >= 11 is 0. The molecule has 0 radical (unpaired) electrons. The van der Waals surface area contributed by atoms with Gasteiger partial charge in [-0.15, -0.1) is 0 Å². The number of hydrogen-bond donors (Lipinski definition) is 2. The average molecular weight is 479 g/mol. The van der Waals surface area contributed by atoms with E-state index in [0.717, 1.165) is 55.9 Å². The lowest BCUT2D eigenvalue weighted by Crippen LogP contribution is -2.75. The van der Waals surface area contributed by atoms with Crippen molar-refractivity contribution in [2.24, 2.45) is 0 Å². The number of nitrogens with one attached hydrogen (secondary N) is 1. The van der Waals surface area contributed by atoms with Gasteiger partial charge in [0, 0.05) is 30.0 Å². The van der Waals surface area contributed by atoms with E-state index in [2.05, 4.69) is 29.4 Å². The molecule has 1 fully saturated rings. The zero-order valence-electron chi connectivity index (χ0n) is 20.5. The molecule has 0 bridgehead atoms. The van der Waals surface area contributed by atoms with Gasteiger partial charge in [-0.05, 0) is 49.8 Å². The highest BCUT2D eigenvalue weighted by molar-refractivity contribution is 5.77. The number of carboxylic acid groups (broad SMARTS) is 1. The molecule has 2 N–H and O–H groups in total. The predicted molar refractivity (Wildman–Crippen MR) is 132 cm³/mol. The van der Waals surface area contributed by atoms with E-state index < -0.39 is 12.0 Å². The van der Waals surface area contributed by atoms with Gasteiger partial charge >= 0.3 is 5.97 Å². The summed E-state index contributed by atoms with van der Waals surface area (Å²) in [5.74, 6) is 0.323. The molecule has 4 aliphatic heterocycles. The summed E-state index contributed by atoms with van der Waals surface area (Å²) in [5, 5.41) is 13.8. The smallest absolute Gasteiger partial charge is 0.367 e. The summed E-state index contributed by atoms with van der Waals surface area (Å²) in [6.45, 7) is 5.57. The van der Waals surface area contributed by atoms with Crippen molar-refractivity contribution >= 4 is 11.8 Å². The second-order valence-electron chi connectivity index (χ2n) is 11.0. The van der Waals surface area contributed by atoms with Gasteiger partial charge in [-0.3, -0.25) is 4.48 Å². The Morgan fingerprint density at radius 1 is 1.23 bits per heavy atom. The zero-order chi connectivity index (χ0) is 24.0. The Balaban J connectivity index is 0.990. The van der Waals surface area contributed by atoms with Crippen LogP contribution in [0, 0.1) is 0 Å². The van der Waals surface area contributed by atoms with Crippen LogP contribution in [-0.2, 0) is 32.8 Å². The fourth-order valence-corrected chi connectivity index (χ4v) is 7.20. The molecule has 5 heterocycles. The first kappa shape index (κ1) is 23.0. The van der Waals surface area contributed by atoms with Crippen LogP contribution in [0.2, 0.25) is 0 Å². The number of carboxylic acids is 1. The van der Waals surface area contributed by atoms with Crippen LogP contribution >= 0.6 is 0 Å². The summed E-state index contributed by atoms with van der Waals surface area (Å²) in [5.41, 5.74) is 4.36. The monoisotopic (exact) mass is 478 g/mol. The molecule has 1 spiro atoms. The van der Waals surface area contributed by atoms with E-state index in [0.29, 0.717) is 23.7 Å². The molecule has 0 aliphatic carbocycles. The molecule has 35 heavy (non-hydrogen) atoms. The molecule has 6 rings (SSSR count). The van der Waals surface area contributed by atoms with Crippen LogP contribution in [0.25, 0.3) is 0 Å². The minimum absolute atomic E-state index is 0.121. The molecule has 7 heteroatoms. The average Bonchev–Trinajstić information content (AvgIpc) is 3.07. The molecular weight excluding hydrogens is 442 g/mol. The summed E-state index contributed by atoms with van der Waals surface area (Å²) in [6.07, 6.45) is 8.81. The van der Waals surface area contributed by atoms with E-state index >= 15 is 0 Å². The fraction of sp³-hybridized carbons (Fsp3) is 0.571. The van der Waals surface area contributed by atoms with Crippen molar-refractivity contribution in [2.75, 3.05) is 31.6 Å². The van der Waals surface area contributed by atoms with E-state index in [-0.39, 0.29) is 11.6 Å². The number of fused-ring (bicyclic) bond motifs is 2. The maximum Gasteiger partial charge on any atom is 0.367 e. The molecule has 4 aliphatic rings.